The van der Waals surface area contributed by atoms with Gasteiger partial charge in [-0.15, -0.1) is 0 Å². The van der Waals surface area contributed by atoms with Crippen molar-refractivity contribution in [2.45, 2.75) is 26.4 Å². The number of carbonyl (C=O) groups is 3. The van der Waals surface area contributed by atoms with Gasteiger partial charge in [-0.05, 0) is 20.8 Å². The second-order valence-corrected chi connectivity index (χ2v) is 5.05. The van der Waals surface area contributed by atoms with Gasteiger partial charge in [0.1, 0.15) is 5.60 Å². The summed E-state index contributed by atoms with van der Waals surface area (Å²) in [5, 5.41) is 2.63. The van der Waals surface area contributed by atoms with Gasteiger partial charge in [-0.2, -0.15) is 0 Å². The van der Waals surface area contributed by atoms with Gasteiger partial charge in [0.25, 0.3) is 0 Å². The largest absolute Gasteiger partial charge is 0.468 e. The van der Waals surface area contributed by atoms with E-state index in [-0.39, 0.29) is 25.4 Å². The second-order valence-electron chi connectivity index (χ2n) is 5.05. The molecule has 0 aliphatic heterocycles. The van der Waals surface area contributed by atoms with E-state index >= 15 is 0 Å². The molecule has 0 aromatic rings. The fourth-order valence-electron chi connectivity index (χ4n) is 1.10. The molecule has 0 fully saturated rings. The van der Waals surface area contributed by atoms with E-state index in [1.807, 2.05) is 0 Å². The minimum atomic E-state index is -0.600. The molecule has 0 rings (SSSR count). The number of methoxy groups -OCH3 is 1. The van der Waals surface area contributed by atoms with Crippen LogP contribution in [0, 0.1) is 0 Å². The molecular weight excluding hydrogens is 252 g/mol. The molecule has 0 saturated heterocycles. The van der Waals surface area contributed by atoms with E-state index in [0.717, 1.165) is 0 Å². The Bertz CT molecular complexity index is 336. The van der Waals surface area contributed by atoms with Crippen molar-refractivity contribution >= 4 is 17.8 Å². The number of carbonyl (C=O) groups excluding carboxylic acids is 3. The van der Waals surface area contributed by atoms with Gasteiger partial charge in [0.15, 0.2) is 5.78 Å². The molecule has 7 nitrogen and oxygen atoms in total. The molecule has 0 radical (unpaired) electrons. The van der Waals surface area contributed by atoms with Crippen LogP contribution in [0.25, 0.3) is 0 Å². The summed E-state index contributed by atoms with van der Waals surface area (Å²) in [6.07, 6.45) is -0.561. The van der Waals surface area contributed by atoms with Crippen LogP contribution in [0.1, 0.15) is 20.8 Å². The molecular formula is C12H22N2O5. The molecule has 0 spiro atoms. The Morgan fingerprint density at radius 1 is 1.16 bits per heavy atom. The van der Waals surface area contributed by atoms with Crippen LogP contribution in [0.4, 0.5) is 4.79 Å². The molecule has 0 heterocycles. The molecule has 1 N–H and O–H groups in total. The Morgan fingerprint density at radius 3 is 2.21 bits per heavy atom. The van der Waals surface area contributed by atoms with Gasteiger partial charge in [0.2, 0.25) is 0 Å². The number of Topliss-reactive ketones (excluding diaryl/α,β-unsaturated/α-hetero) is 1. The summed E-state index contributed by atoms with van der Waals surface area (Å²) >= 11 is 0. The van der Waals surface area contributed by atoms with Gasteiger partial charge < -0.3 is 14.4 Å². The number of ketones is 1. The van der Waals surface area contributed by atoms with Gasteiger partial charge in [0.05, 0.1) is 26.7 Å². The van der Waals surface area contributed by atoms with Crippen LogP contribution in [-0.2, 0) is 19.1 Å². The number of nitrogens with zero attached hydrogens (tertiary/aromatic N) is 1. The number of ether oxygens (including phenoxy) is 2. The van der Waals surface area contributed by atoms with Crippen LogP contribution in [0.3, 0.4) is 0 Å². The Balaban J connectivity index is 3.99. The third-order valence-corrected chi connectivity index (χ3v) is 1.94. The fourth-order valence-corrected chi connectivity index (χ4v) is 1.10. The molecule has 0 aliphatic carbocycles. The summed E-state index contributed by atoms with van der Waals surface area (Å²) in [7, 11) is 2.74. The molecule has 0 saturated carbocycles. The maximum Gasteiger partial charge on any atom is 0.410 e. The summed E-state index contributed by atoms with van der Waals surface area (Å²) in [6.45, 7) is 5.11. The molecule has 0 aromatic heterocycles. The monoisotopic (exact) mass is 274 g/mol. The number of rotatable bonds is 6. The number of likely N-dealkylation sites (N-methyl/N-ethyl adjacent to an activating group) is 1. The van der Waals surface area contributed by atoms with E-state index in [9.17, 15) is 14.4 Å². The SMILES string of the molecule is COC(=O)CNCC(=O)CN(C)C(=O)OC(C)(C)C. The number of hydrogen-bond donors (Lipinski definition) is 1. The van der Waals surface area contributed by atoms with Crippen molar-refractivity contribution in [2.75, 3.05) is 33.8 Å². The average molecular weight is 274 g/mol. The fraction of sp³-hybridized carbons (Fsp3) is 0.750. The standard InChI is InChI=1S/C12H22N2O5/c1-12(2,3)19-11(17)14(4)8-9(15)6-13-7-10(16)18-5/h13H,6-8H2,1-5H3. The molecule has 0 bridgehead atoms. The molecule has 0 unspecified atom stereocenters. The summed E-state index contributed by atoms with van der Waals surface area (Å²) < 4.78 is 9.51. The Labute approximate surface area is 113 Å². The second kappa shape index (κ2) is 7.73. The molecule has 7 heteroatoms. The maximum atomic E-state index is 11.6. The Hall–Kier alpha value is -1.63. The van der Waals surface area contributed by atoms with Crippen molar-refractivity contribution in [3.8, 4) is 0 Å². The van der Waals surface area contributed by atoms with Gasteiger partial charge in [-0.1, -0.05) is 0 Å². The highest BCUT2D eigenvalue weighted by atomic mass is 16.6. The predicted octanol–water partition coefficient (Wildman–Crippen LogP) is 0.185. The van der Waals surface area contributed by atoms with Crippen LogP contribution in [0.2, 0.25) is 0 Å². The molecule has 19 heavy (non-hydrogen) atoms. The first kappa shape index (κ1) is 17.4. The van der Waals surface area contributed by atoms with Crippen LogP contribution < -0.4 is 5.32 Å². The molecule has 0 atom stereocenters. The first-order valence-electron chi connectivity index (χ1n) is 5.89. The minimum absolute atomic E-state index is 0.0117. The quantitative estimate of drug-likeness (QED) is 0.696. The molecule has 0 aliphatic rings. The molecule has 1 amide bonds. The first-order chi connectivity index (χ1) is 8.65. The van der Waals surface area contributed by atoms with Crippen LogP contribution in [0.15, 0.2) is 0 Å². The lowest BCUT2D eigenvalue weighted by Gasteiger charge is -2.24. The molecule has 0 aromatic carbocycles. The van der Waals surface area contributed by atoms with Crippen molar-refractivity contribution in [3.05, 3.63) is 0 Å². The smallest absolute Gasteiger partial charge is 0.410 e. The average Bonchev–Trinajstić information content (AvgIpc) is 2.26. The summed E-state index contributed by atoms with van der Waals surface area (Å²) in [5.41, 5.74) is -0.600. The Kier molecular flexibility index (Phi) is 7.06. The minimum Gasteiger partial charge on any atom is -0.468 e. The third kappa shape index (κ3) is 9.01. The summed E-state index contributed by atoms with van der Waals surface area (Å²) in [5.74, 6) is -0.675. The van der Waals surface area contributed by atoms with Crippen molar-refractivity contribution in [1.82, 2.24) is 10.2 Å². The topological polar surface area (TPSA) is 84.9 Å². The highest BCUT2D eigenvalue weighted by molar-refractivity contribution is 5.86. The van der Waals surface area contributed by atoms with E-state index in [0.29, 0.717) is 0 Å². The van der Waals surface area contributed by atoms with Crippen molar-refractivity contribution in [1.29, 1.82) is 0 Å². The van der Waals surface area contributed by atoms with Crippen molar-refractivity contribution in [3.63, 3.8) is 0 Å². The van der Waals surface area contributed by atoms with Gasteiger partial charge in [0, 0.05) is 7.05 Å². The van der Waals surface area contributed by atoms with Crippen molar-refractivity contribution in [2.24, 2.45) is 0 Å². The van der Waals surface area contributed by atoms with Crippen LogP contribution in [-0.4, -0.2) is 62.1 Å². The first-order valence-corrected chi connectivity index (χ1v) is 5.89. The van der Waals surface area contributed by atoms with E-state index in [4.69, 9.17) is 4.74 Å². The third-order valence-electron chi connectivity index (χ3n) is 1.94. The Morgan fingerprint density at radius 2 is 1.74 bits per heavy atom. The molecule has 110 valence electrons. The van der Waals surface area contributed by atoms with Crippen LogP contribution in [0.5, 0.6) is 0 Å². The lowest BCUT2D eigenvalue weighted by molar-refractivity contribution is -0.139. The number of amides is 1. The normalized spacial score (nSPS) is 10.8. The van der Waals surface area contributed by atoms with Gasteiger partial charge in [-0.25, -0.2) is 4.79 Å². The van der Waals surface area contributed by atoms with E-state index in [1.54, 1.807) is 20.8 Å². The van der Waals surface area contributed by atoms with Gasteiger partial charge in [-0.3, -0.25) is 14.9 Å². The summed E-state index contributed by atoms with van der Waals surface area (Å²) in [6, 6.07) is 0. The van der Waals surface area contributed by atoms with E-state index in [2.05, 4.69) is 10.1 Å². The number of hydrogen-bond acceptors (Lipinski definition) is 6. The van der Waals surface area contributed by atoms with E-state index in [1.165, 1.54) is 19.1 Å². The van der Waals surface area contributed by atoms with Gasteiger partial charge >= 0.3 is 12.1 Å². The maximum absolute atomic E-state index is 11.6. The summed E-state index contributed by atoms with van der Waals surface area (Å²) in [4.78, 5) is 35.1. The van der Waals surface area contributed by atoms with Crippen molar-refractivity contribution < 1.29 is 23.9 Å². The zero-order valence-corrected chi connectivity index (χ0v) is 12.1. The zero-order chi connectivity index (χ0) is 15.1. The number of esters is 1. The predicted molar refractivity (Wildman–Crippen MR) is 68.8 cm³/mol. The lowest BCUT2D eigenvalue weighted by atomic mass is 10.2. The van der Waals surface area contributed by atoms with Crippen LogP contribution >= 0.6 is 0 Å². The lowest BCUT2D eigenvalue weighted by Crippen LogP contribution is -2.40. The number of nitrogens with one attached hydrogen (secondary N) is 1. The zero-order valence-electron chi connectivity index (χ0n) is 12.1. The van der Waals surface area contributed by atoms with E-state index < -0.39 is 17.7 Å². The highest BCUT2D eigenvalue weighted by Gasteiger charge is 2.20. The highest BCUT2D eigenvalue weighted by Crippen LogP contribution is 2.08.